The number of hydrogen-bond donors (Lipinski definition) is 1. The van der Waals surface area contributed by atoms with Crippen LogP contribution in [0.25, 0.3) is 5.69 Å². The van der Waals surface area contributed by atoms with Crippen molar-refractivity contribution in [2.45, 2.75) is 6.92 Å². The maximum absolute atomic E-state index is 13.9. The summed E-state index contributed by atoms with van der Waals surface area (Å²) in [5, 5.41) is 22.8. The van der Waals surface area contributed by atoms with Gasteiger partial charge in [0.2, 0.25) is 5.69 Å². The van der Waals surface area contributed by atoms with Gasteiger partial charge in [0.05, 0.1) is 6.61 Å². The zero-order valence-corrected chi connectivity index (χ0v) is 11.6. The van der Waals surface area contributed by atoms with Crippen molar-refractivity contribution in [1.82, 2.24) is 9.78 Å². The second-order valence-corrected chi connectivity index (χ2v) is 4.32. The van der Waals surface area contributed by atoms with Crippen LogP contribution in [0, 0.1) is 17.1 Å². The minimum absolute atomic E-state index is 0.0718. The lowest BCUT2D eigenvalue weighted by Gasteiger charge is -2.04. The summed E-state index contributed by atoms with van der Waals surface area (Å²) >= 11 is 5.65. The summed E-state index contributed by atoms with van der Waals surface area (Å²) in [5.41, 5.74) is -0.955. The Labute approximate surface area is 123 Å². The van der Waals surface area contributed by atoms with E-state index in [1.165, 1.54) is 12.1 Å². The molecule has 0 unspecified atom stereocenters. The molecular formula is C13H9ClFN3O3. The fourth-order valence-corrected chi connectivity index (χ4v) is 1.83. The molecule has 21 heavy (non-hydrogen) atoms. The molecule has 1 heterocycles. The van der Waals surface area contributed by atoms with Gasteiger partial charge in [0.25, 0.3) is 0 Å². The van der Waals surface area contributed by atoms with Gasteiger partial charge < -0.3 is 9.84 Å². The molecule has 0 saturated carbocycles. The number of hydrogen-bond acceptors (Lipinski definition) is 5. The topological polar surface area (TPSA) is 88.1 Å². The zero-order chi connectivity index (χ0) is 15.6. The Hall–Kier alpha value is -2.59. The smallest absolute Gasteiger partial charge is 0.362 e. The van der Waals surface area contributed by atoms with Crippen molar-refractivity contribution in [3.63, 3.8) is 0 Å². The van der Waals surface area contributed by atoms with Gasteiger partial charge in [-0.15, -0.1) is 0 Å². The molecule has 0 fully saturated rings. The van der Waals surface area contributed by atoms with Crippen molar-refractivity contribution in [2.75, 3.05) is 6.61 Å². The monoisotopic (exact) mass is 309 g/mol. The fourth-order valence-electron chi connectivity index (χ4n) is 1.67. The van der Waals surface area contributed by atoms with Crippen molar-refractivity contribution in [2.24, 2.45) is 0 Å². The molecule has 1 aromatic carbocycles. The summed E-state index contributed by atoms with van der Waals surface area (Å²) in [6, 6.07) is 5.36. The standard InChI is InChI=1S/C13H9ClFN3O3/c1-2-21-13(20)11-12(19)10(6-16)18(17-11)9-4-3-7(14)5-8(9)15/h3-5,19H,2H2,1H3. The summed E-state index contributed by atoms with van der Waals surface area (Å²) in [6.07, 6.45) is 0. The molecule has 6 nitrogen and oxygen atoms in total. The quantitative estimate of drug-likeness (QED) is 0.880. The maximum atomic E-state index is 13.9. The predicted molar refractivity (Wildman–Crippen MR) is 70.9 cm³/mol. The van der Waals surface area contributed by atoms with Gasteiger partial charge in [0.15, 0.2) is 11.4 Å². The zero-order valence-electron chi connectivity index (χ0n) is 10.8. The predicted octanol–water partition coefficient (Wildman–Crippen LogP) is 2.42. The van der Waals surface area contributed by atoms with Crippen LogP contribution in [0.15, 0.2) is 18.2 Å². The van der Waals surface area contributed by atoms with Gasteiger partial charge >= 0.3 is 5.97 Å². The Morgan fingerprint density at radius 3 is 2.90 bits per heavy atom. The molecule has 2 aromatic rings. The van der Waals surface area contributed by atoms with Crippen LogP contribution in [0.5, 0.6) is 5.75 Å². The Morgan fingerprint density at radius 1 is 1.62 bits per heavy atom. The number of nitrogens with zero attached hydrogens (tertiary/aromatic N) is 3. The minimum atomic E-state index is -0.903. The highest BCUT2D eigenvalue weighted by Crippen LogP contribution is 2.27. The molecule has 2 rings (SSSR count). The van der Waals surface area contributed by atoms with Crippen molar-refractivity contribution in [1.29, 1.82) is 5.26 Å². The Kier molecular flexibility index (Phi) is 4.10. The summed E-state index contributed by atoms with van der Waals surface area (Å²) in [4.78, 5) is 11.6. The van der Waals surface area contributed by atoms with Crippen molar-refractivity contribution in [3.8, 4) is 17.5 Å². The molecule has 0 saturated heterocycles. The Morgan fingerprint density at radius 2 is 2.33 bits per heavy atom. The van der Waals surface area contributed by atoms with Crippen LogP contribution in [0.1, 0.15) is 23.1 Å². The van der Waals surface area contributed by atoms with Crippen LogP contribution in [0.4, 0.5) is 4.39 Å². The van der Waals surface area contributed by atoms with Crippen LogP contribution in [0.2, 0.25) is 5.02 Å². The van der Waals surface area contributed by atoms with Crippen LogP contribution < -0.4 is 0 Å². The largest absolute Gasteiger partial charge is 0.503 e. The molecule has 0 bridgehead atoms. The van der Waals surface area contributed by atoms with Crippen molar-refractivity contribution < 1.29 is 19.0 Å². The number of esters is 1. The van der Waals surface area contributed by atoms with Crippen LogP contribution in [0.3, 0.4) is 0 Å². The van der Waals surface area contributed by atoms with Crippen LogP contribution in [-0.4, -0.2) is 27.5 Å². The molecule has 108 valence electrons. The molecule has 8 heteroatoms. The molecule has 1 aromatic heterocycles. The van der Waals surface area contributed by atoms with E-state index in [0.717, 1.165) is 10.7 Å². The maximum Gasteiger partial charge on any atom is 0.362 e. The lowest BCUT2D eigenvalue weighted by atomic mass is 10.3. The van der Waals surface area contributed by atoms with Crippen LogP contribution in [-0.2, 0) is 4.74 Å². The lowest BCUT2D eigenvalue weighted by molar-refractivity contribution is 0.0515. The summed E-state index contributed by atoms with van der Waals surface area (Å²) in [5.74, 6) is -2.32. The SMILES string of the molecule is CCOC(=O)c1nn(-c2ccc(Cl)cc2F)c(C#N)c1O. The number of halogens is 2. The number of aromatic nitrogens is 2. The first-order valence-corrected chi connectivity index (χ1v) is 6.22. The number of carbonyl (C=O) groups is 1. The molecule has 0 radical (unpaired) electrons. The summed E-state index contributed by atoms with van der Waals surface area (Å²) < 4.78 is 19.4. The molecule has 0 aliphatic heterocycles. The number of rotatable bonds is 3. The van der Waals surface area contributed by atoms with Gasteiger partial charge in [0, 0.05) is 5.02 Å². The Balaban J connectivity index is 2.62. The first-order chi connectivity index (χ1) is 9.99. The molecule has 0 spiro atoms. The molecule has 0 aliphatic rings. The van der Waals surface area contributed by atoms with E-state index in [9.17, 15) is 14.3 Å². The molecule has 0 amide bonds. The van der Waals surface area contributed by atoms with Crippen molar-refractivity contribution in [3.05, 3.63) is 40.4 Å². The highest BCUT2D eigenvalue weighted by molar-refractivity contribution is 6.30. The average molecular weight is 310 g/mol. The molecule has 1 N–H and O–H groups in total. The van der Waals surface area contributed by atoms with E-state index in [1.807, 2.05) is 0 Å². The van der Waals surface area contributed by atoms with E-state index in [4.69, 9.17) is 21.6 Å². The first kappa shape index (κ1) is 14.8. The van der Waals surface area contributed by atoms with E-state index >= 15 is 0 Å². The fraction of sp³-hybridized carbons (Fsp3) is 0.154. The Bertz CT molecular complexity index is 752. The third kappa shape index (κ3) is 2.66. The van der Waals surface area contributed by atoms with Crippen LogP contribution >= 0.6 is 11.6 Å². The van der Waals surface area contributed by atoms with Gasteiger partial charge in [0.1, 0.15) is 17.6 Å². The second-order valence-electron chi connectivity index (χ2n) is 3.89. The summed E-state index contributed by atoms with van der Waals surface area (Å²) in [6.45, 7) is 1.65. The van der Waals surface area contributed by atoms with E-state index in [-0.39, 0.29) is 23.0 Å². The lowest BCUT2D eigenvalue weighted by Crippen LogP contribution is -2.07. The number of nitriles is 1. The minimum Gasteiger partial charge on any atom is -0.503 e. The van der Waals surface area contributed by atoms with E-state index < -0.39 is 23.2 Å². The average Bonchev–Trinajstić information content (AvgIpc) is 2.76. The van der Waals surface area contributed by atoms with Gasteiger partial charge in [-0.1, -0.05) is 11.6 Å². The van der Waals surface area contributed by atoms with Crippen molar-refractivity contribution >= 4 is 17.6 Å². The first-order valence-electron chi connectivity index (χ1n) is 5.84. The highest BCUT2D eigenvalue weighted by Gasteiger charge is 2.25. The number of ether oxygens (including phenoxy) is 1. The number of carbonyl (C=O) groups excluding carboxylic acids is 1. The van der Waals surface area contributed by atoms with Gasteiger partial charge in [-0.2, -0.15) is 10.4 Å². The summed E-state index contributed by atoms with van der Waals surface area (Å²) in [7, 11) is 0. The van der Waals surface area contributed by atoms with Gasteiger partial charge in [-0.25, -0.2) is 13.9 Å². The van der Waals surface area contributed by atoms with Gasteiger partial charge in [-0.3, -0.25) is 0 Å². The third-order valence-corrected chi connectivity index (χ3v) is 2.81. The molecular weight excluding hydrogens is 301 g/mol. The van der Waals surface area contributed by atoms with E-state index in [0.29, 0.717) is 0 Å². The normalized spacial score (nSPS) is 10.2. The number of aromatic hydroxyl groups is 1. The van der Waals surface area contributed by atoms with Gasteiger partial charge in [-0.05, 0) is 25.1 Å². The molecule has 0 aliphatic carbocycles. The second kappa shape index (κ2) is 5.81. The molecule has 0 atom stereocenters. The highest BCUT2D eigenvalue weighted by atomic mass is 35.5. The van der Waals surface area contributed by atoms with E-state index in [2.05, 4.69) is 5.10 Å². The third-order valence-electron chi connectivity index (χ3n) is 2.57. The number of benzene rings is 1. The van der Waals surface area contributed by atoms with E-state index in [1.54, 1.807) is 13.0 Å².